The van der Waals surface area contributed by atoms with Crippen LogP contribution in [0.4, 0.5) is 0 Å². The number of methoxy groups -OCH3 is 1. The summed E-state index contributed by atoms with van der Waals surface area (Å²) in [5, 5.41) is 0. The van der Waals surface area contributed by atoms with E-state index in [2.05, 4.69) is 14.8 Å². The van der Waals surface area contributed by atoms with E-state index in [0.717, 1.165) is 14.9 Å². The predicted octanol–water partition coefficient (Wildman–Crippen LogP) is 3.52. The van der Waals surface area contributed by atoms with Gasteiger partial charge in [0.2, 0.25) is 0 Å². The summed E-state index contributed by atoms with van der Waals surface area (Å²) in [6.07, 6.45) is 1.97. The molecule has 0 N–H and O–H groups in total. The van der Waals surface area contributed by atoms with Crippen molar-refractivity contribution in [1.29, 1.82) is 0 Å². The van der Waals surface area contributed by atoms with Gasteiger partial charge in [0.15, 0.2) is 0 Å². The van der Waals surface area contributed by atoms with E-state index in [1.165, 1.54) is 0 Å². The van der Waals surface area contributed by atoms with Crippen LogP contribution < -0.4 is 4.74 Å². The van der Waals surface area contributed by atoms with Crippen LogP contribution in [0.2, 0.25) is 14.8 Å². The summed E-state index contributed by atoms with van der Waals surface area (Å²) < 4.78 is 11.2. The molecule has 0 atom stereocenters. The van der Waals surface area contributed by atoms with Gasteiger partial charge in [0.05, 0.1) is 0 Å². The zero-order valence-corrected chi connectivity index (χ0v) is 15.2. The Balaban J connectivity index is 3.08. The van der Waals surface area contributed by atoms with Crippen LogP contribution in [-0.4, -0.2) is 38.1 Å². The summed E-state index contributed by atoms with van der Waals surface area (Å²) in [4.78, 5) is 18.7. The molecule has 0 aliphatic heterocycles. The quantitative estimate of drug-likeness (QED) is 0.453. The Bertz CT molecular complexity index is 455. The third kappa shape index (κ3) is 4.90. The van der Waals surface area contributed by atoms with Crippen molar-refractivity contribution in [1.82, 2.24) is 0 Å². The van der Waals surface area contributed by atoms with Gasteiger partial charge < -0.3 is 0 Å². The summed E-state index contributed by atoms with van der Waals surface area (Å²) in [5.74, 6) is 0.649. The zero-order valence-electron chi connectivity index (χ0n) is 12.3. The van der Waals surface area contributed by atoms with E-state index >= 15 is 0 Å². The van der Waals surface area contributed by atoms with Crippen molar-refractivity contribution in [2.45, 2.75) is 21.7 Å². The maximum atomic E-state index is 12.1. The molecule has 0 aliphatic carbocycles. The van der Waals surface area contributed by atoms with Crippen LogP contribution in [0.25, 0.3) is 6.08 Å². The molecule has 0 amide bonds. The number of carbonyl (C=O) groups is 1. The van der Waals surface area contributed by atoms with Gasteiger partial charge in [0.25, 0.3) is 0 Å². The first-order valence-electron chi connectivity index (χ1n) is 6.42. The van der Waals surface area contributed by atoms with Gasteiger partial charge in [-0.2, -0.15) is 0 Å². The molecule has 19 heavy (non-hydrogen) atoms. The van der Waals surface area contributed by atoms with Gasteiger partial charge in [-0.1, -0.05) is 0 Å². The Morgan fingerprint density at radius 1 is 1.21 bits per heavy atom. The molecular weight excluding hydrogens is 347 g/mol. The van der Waals surface area contributed by atoms with Gasteiger partial charge in [-0.25, -0.2) is 0 Å². The van der Waals surface area contributed by atoms with Gasteiger partial charge in [0, 0.05) is 0 Å². The van der Waals surface area contributed by atoms with Crippen molar-refractivity contribution in [3.05, 3.63) is 33.4 Å². The monoisotopic (exact) mass is 370 g/mol. The van der Waals surface area contributed by atoms with Crippen LogP contribution in [0.15, 0.2) is 27.9 Å². The number of esters is 1. The van der Waals surface area contributed by atoms with E-state index in [1.807, 2.05) is 37.3 Å². The second kappa shape index (κ2) is 6.98. The second-order valence-electron chi connectivity index (χ2n) is 5.30. The van der Waals surface area contributed by atoms with Crippen molar-refractivity contribution in [2.75, 3.05) is 13.7 Å². The van der Waals surface area contributed by atoms with E-state index in [1.54, 1.807) is 7.11 Å². The van der Waals surface area contributed by atoms with Crippen LogP contribution >= 0.6 is 0 Å². The van der Waals surface area contributed by atoms with Crippen LogP contribution in [0.3, 0.4) is 0 Å². The molecular formula is C15H22O3Sn. The van der Waals surface area contributed by atoms with Crippen LogP contribution in [0.1, 0.15) is 12.5 Å². The molecule has 0 bridgehead atoms. The Morgan fingerprint density at radius 3 is 2.21 bits per heavy atom. The molecule has 0 saturated heterocycles. The third-order valence-corrected chi connectivity index (χ3v) is 8.34. The fourth-order valence-corrected chi connectivity index (χ4v) is 5.32. The predicted molar refractivity (Wildman–Crippen MR) is 81.0 cm³/mol. The van der Waals surface area contributed by atoms with Crippen LogP contribution in [-0.2, 0) is 9.53 Å². The maximum absolute atomic E-state index is 12.1. The SMILES string of the molecule is CCOC(=O)/[C](=C/c1ccc(OC)cc1)[Sn]([CH3])([CH3])[CH3]. The Labute approximate surface area is 119 Å². The molecule has 0 aromatic heterocycles. The van der Waals surface area contributed by atoms with Crippen molar-refractivity contribution < 1.29 is 14.3 Å². The van der Waals surface area contributed by atoms with Crippen molar-refractivity contribution in [3.63, 3.8) is 0 Å². The minimum absolute atomic E-state index is 0.165. The zero-order chi connectivity index (χ0) is 14.5. The number of hydrogen-bond donors (Lipinski definition) is 0. The summed E-state index contributed by atoms with van der Waals surface area (Å²) in [6, 6.07) is 7.70. The molecule has 4 heteroatoms. The van der Waals surface area contributed by atoms with Gasteiger partial charge in [0.1, 0.15) is 0 Å². The van der Waals surface area contributed by atoms with Gasteiger partial charge in [-0.05, 0) is 0 Å². The van der Waals surface area contributed by atoms with E-state index in [4.69, 9.17) is 9.47 Å². The van der Waals surface area contributed by atoms with Gasteiger partial charge >= 0.3 is 119 Å². The van der Waals surface area contributed by atoms with Crippen molar-refractivity contribution >= 4 is 30.4 Å². The molecule has 3 nitrogen and oxygen atoms in total. The third-order valence-electron chi connectivity index (χ3n) is 2.73. The number of ether oxygens (including phenoxy) is 2. The molecule has 0 unspecified atom stereocenters. The van der Waals surface area contributed by atoms with Crippen molar-refractivity contribution in [3.8, 4) is 5.75 Å². The molecule has 0 spiro atoms. The number of benzene rings is 1. The van der Waals surface area contributed by atoms with Crippen LogP contribution in [0.5, 0.6) is 5.75 Å². The van der Waals surface area contributed by atoms with E-state index in [0.29, 0.717) is 6.61 Å². The second-order valence-corrected chi connectivity index (χ2v) is 19.7. The fraction of sp³-hybridized carbons (Fsp3) is 0.400. The number of rotatable bonds is 5. The van der Waals surface area contributed by atoms with Gasteiger partial charge in [-0.3, -0.25) is 0 Å². The molecule has 1 aromatic carbocycles. The molecule has 0 aliphatic rings. The Morgan fingerprint density at radius 2 is 1.79 bits per heavy atom. The fourth-order valence-electron chi connectivity index (χ4n) is 1.66. The number of hydrogen-bond acceptors (Lipinski definition) is 3. The molecule has 1 rings (SSSR count). The van der Waals surface area contributed by atoms with Crippen LogP contribution in [0, 0.1) is 0 Å². The minimum atomic E-state index is -2.49. The molecule has 1 aromatic rings. The first-order valence-corrected chi connectivity index (χ1v) is 16.4. The summed E-state index contributed by atoms with van der Waals surface area (Å²) in [7, 11) is 1.64. The molecule has 0 saturated carbocycles. The summed E-state index contributed by atoms with van der Waals surface area (Å²) >= 11 is -2.49. The molecule has 0 radical (unpaired) electrons. The van der Waals surface area contributed by atoms with E-state index < -0.39 is 18.4 Å². The first kappa shape index (κ1) is 16.1. The summed E-state index contributed by atoms with van der Waals surface area (Å²) in [5.41, 5.74) is 1.01. The van der Waals surface area contributed by atoms with Crippen molar-refractivity contribution in [2.24, 2.45) is 0 Å². The average Bonchev–Trinajstić information content (AvgIpc) is 2.35. The normalized spacial score (nSPS) is 12.2. The average molecular weight is 369 g/mol. The number of carbonyl (C=O) groups excluding carboxylic acids is 1. The summed E-state index contributed by atoms with van der Waals surface area (Å²) in [6.45, 7) is 2.25. The van der Waals surface area contributed by atoms with E-state index in [-0.39, 0.29) is 5.97 Å². The van der Waals surface area contributed by atoms with E-state index in [9.17, 15) is 4.79 Å². The molecule has 0 heterocycles. The van der Waals surface area contributed by atoms with Gasteiger partial charge in [-0.15, -0.1) is 0 Å². The molecule has 0 fully saturated rings. The Kier molecular flexibility index (Phi) is 5.91. The Hall–Kier alpha value is -0.971. The first-order chi connectivity index (χ1) is 8.88. The topological polar surface area (TPSA) is 35.5 Å². The standard InChI is InChI=1S/C12H13O3.3CH3.Sn/c1-3-15-12(13)9-6-10-4-7-11(14-2)8-5-10;;;;/h4-8H,3H2,1-2H3;3*1H3;. The molecule has 104 valence electrons.